The summed E-state index contributed by atoms with van der Waals surface area (Å²) in [7, 11) is 3.22. The van der Waals surface area contributed by atoms with Crippen LogP contribution in [0.25, 0.3) is 11.0 Å². The topological polar surface area (TPSA) is 88.3 Å². The minimum atomic E-state index is -0.355. The predicted molar refractivity (Wildman–Crippen MR) is 121 cm³/mol. The number of benzene rings is 3. The zero-order chi connectivity index (χ0) is 21.6. The lowest BCUT2D eigenvalue weighted by atomic mass is 10.1. The highest BCUT2D eigenvalue weighted by Crippen LogP contribution is 2.22. The van der Waals surface area contributed by atoms with Gasteiger partial charge in [-0.3, -0.25) is 0 Å². The predicted octanol–water partition coefficient (Wildman–Crippen LogP) is 4.69. The number of ether oxygens (including phenoxy) is 2. The summed E-state index contributed by atoms with van der Waals surface area (Å²) in [6.45, 7) is 0. The minimum absolute atomic E-state index is 0.327. The second-order valence-electron chi connectivity index (χ2n) is 7.07. The molecule has 158 valence electrons. The van der Waals surface area contributed by atoms with Crippen molar-refractivity contribution in [2.75, 3.05) is 19.5 Å². The number of anilines is 1. The van der Waals surface area contributed by atoms with Crippen molar-refractivity contribution in [1.82, 2.24) is 15.3 Å². The van der Waals surface area contributed by atoms with Gasteiger partial charge in [0.1, 0.15) is 17.3 Å². The fraction of sp³-hybridized carbons (Fsp3) is 0.167. The molecular weight excluding hydrogens is 392 g/mol. The summed E-state index contributed by atoms with van der Waals surface area (Å²) in [5.41, 5.74) is 3.47. The molecule has 7 nitrogen and oxygen atoms in total. The molecule has 0 aliphatic carbocycles. The molecule has 4 rings (SSSR count). The normalized spacial score (nSPS) is 11.7. The number of carbonyl (C=O) groups excluding carboxylic acids is 1. The Morgan fingerprint density at radius 3 is 2.48 bits per heavy atom. The Morgan fingerprint density at radius 2 is 1.74 bits per heavy atom. The Labute approximate surface area is 180 Å². The number of aromatic nitrogens is 2. The van der Waals surface area contributed by atoms with E-state index in [4.69, 9.17) is 9.47 Å². The van der Waals surface area contributed by atoms with Crippen LogP contribution in [-0.2, 0) is 6.42 Å². The van der Waals surface area contributed by atoms with Crippen molar-refractivity contribution in [1.29, 1.82) is 0 Å². The van der Waals surface area contributed by atoms with Crippen LogP contribution in [0, 0.1) is 0 Å². The number of hydrogen-bond donors (Lipinski definition) is 3. The van der Waals surface area contributed by atoms with Crippen molar-refractivity contribution >= 4 is 22.8 Å². The van der Waals surface area contributed by atoms with E-state index in [9.17, 15) is 4.79 Å². The van der Waals surface area contributed by atoms with Gasteiger partial charge in [0.2, 0.25) is 0 Å². The number of nitrogens with zero attached hydrogens (tertiary/aromatic N) is 1. The number of fused-ring (bicyclic) bond motifs is 1. The van der Waals surface area contributed by atoms with Crippen molar-refractivity contribution in [3.63, 3.8) is 0 Å². The van der Waals surface area contributed by atoms with E-state index in [-0.39, 0.29) is 12.1 Å². The molecule has 0 aliphatic heterocycles. The molecule has 1 aromatic heterocycles. The van der Waals surface area contributed by atoms with Crippen LogP contribution in [0.4, 0.5) is 10.5 Å². The zero-order valence-electron chi connectivity index (χ0n) is 17.4. The lowest BCUT2D eigenvalue weighted by Gasteiger charge is -2.18. The van der Waals surface area contributed by atoms with Gasteiger partial charge in [-0.2, -0.15) is 0 Å². The third-order valence-corrected chi connectivity index (χ3v) is 4.97. The van der Waals surface area contributed by atoms with Crippen LogP contribution in [0.5, 0.6) is 11.5 Å². The first-order chi connectivity index (χ1) is 15.1. The standard InChI is InChI=1S/C24H24N4O3/c1-30-18-12-10-16(11-13-18)14-22(23-26-20-8-3-4-9-21(20)27-23)28-24(29)25-17-6-5-7-19(15-17)31-2/h3-13,15,22H,14H2,1-2H3,(H,26,27)(H2,25,28,29)/t22-/m1/s1. The first-order valence-corrected chi connectivity index (χ1v) is 9.94. The van der Waals surface area contributed by atoms with Crippen LogP contribution in [-0.4, -0.2) is 30.2 Å². The number of para-hydroxylation sites is 2. The van der Waals surface area contributed by atoms with Gasteiger partial charge in [0, 0.05) is 11.8 Å². The van der Waals surface area contributed by atoms with E-state index in [0.29, 0.717) is 23.7 Å². The molecule has 0 saturated carbocycles. The SMILES string of the molecule is COc1ccc(C[C@@H](NC(=O)Nc2cccc(OC)c2)c2nc3ccccc3[nH]2)cc1. The lowest BCUT2D eigenvalue weighted by molar-refractivity contribution is 0.248. The van der Waals surface area contributed by atoms with Gasteiger partial charge in [-0.1, -0.05) is 30.3 Å². The molecule has 0 unspecified atom stereocenters. The molecule has 2 amide bonds. The van der Waals surface area contributed by atoms with E-state index in [2.05, 4.69) is 20.6 Å². The molecular formula is C24H24N4O3. The summed E-state index contributed by atoms with van der Waals surface area (Å²) >= 11 is 0. The highest BCUT2D eigenvalue weighted by Gasteiger charge is 2.19. The molecule has 0 aliphatic rings. The summed E-state index contributed by atoms with van der Waals surface area (Å²) in [4.78, 5) is 20.8. The van der Waals surface area contributed by atoms with Crippen LogP contribution < -0.4 is 20.1 Å². The van der Waals surface area contributed by atoms with E-state index in [0.717, 1.165) is 22.3 Å². The Hall–Kier alpha value is -4.00. The summed E-state index contributed by atoms with van der Waals surface area (Å²) in [6, 6.07) is 22.1. The Kier molecular flexibility index (Phi) is 6.03. The number of methoxy groups -OCH3 is 2. The van der Waals surface area contributed by atoms with Gasteiger partial charge in [0.05, 0.1) is 31.3 Å². The quantitative estimate of drug-likeness (QED) is 0.408. The number of hydrogen-bond acceptors (Lipinski definition) is 4. The summed E-state index contributed by atoms with van der Waals surface area (Å²) in [5, 5.41) is 5.90. The molecule has 3 aromatic carbocycles. The van der Waals surface area contributed by atoms with Crippen molar-refractivity contribution in [3.8, 4) is 11.5 Å². The first kappa shape index (κ1) is 20.3. The monoisotopic (exact) mass is 416 g/mol. The minimum Gasteiger partial charge on any atom is -0.497 e. The Bertz CT molecular complexity index is 1140. The van der Waals surface area contributed by atoms with Crippen LogP contribution in [0.3, 0.4) is 0 Å². The fourth-order valence-corrected chi connectivity index (χ4v) is 3.38. The average molecular weight is 416 g/mol. The second kappa shape index (κ2) is 9.21. The fourth-order valence-electron chi connectivity index (χ4n) is 3.38. The summed E-state index contributed by atoms with van der Waals surface area (Å²) in [6.07, 6.45) is 0.565. The molecule has 0 radical (unpaired) electrons. The van der Waals surface area contributed by atoms with Crippen molar-refractivity contribution in [3.05, 3.63) is 84.2 Å². The van der Waals surface area contributed by atoms with Crippen LogP contribution in [0.2, 0.25) is 0 Å². The molecule has 0 saturated heterocycles. The van der Waals surface area contributed by atoms with Crippen molar-refractivity contribution in [2.24, 2.45) is 0 Å². The van der Waals surface area contributed by atoms with Crippen LogP contribution in [0.15, 0.2) is 72.8 Å². The van der Waals surface area contributed by atoms with E-state index in [1.54, 1.807) is 20.3 Å². The zero-order valence-corrected chi connectivity index (χ0v) is 17.4. The maximum absolute atomic E-state index is 12.8. The Balaban J connectivity index is 1.56. The number of rotatable bonds is 7. The van der Waals surface area contributed by atoms with Crippen molar-refractivity contribution < 1.29 is 14.3 Å². The number of carbonyl (C=O) groups is 1. The highest BCUT2D eigenvalue weighted by atomic mass is 16.5. The van der Waals surface area contributed by atoms with Crippen molar-refractivity contribution in [2.45, 2.75) is 12.5 Å². The van der Waals surface area contributed by atoms with E-state index < -0.39 is 0 Å². The molecule has 3 N–H and O–H groups in total. The molecule has 31 heavy (non-hydrogen) atoms. The lowest BCUT2D eigenvalue weighted by Crippen LogP contribution is -2.34. The number of amides is 2. The summed E-state index contributed by atoms with van der Waals surface area (Å²) < 4.78 is 10.5. The third-order valence-electron chi connectivity index (χ3n) is 4.97. The Morgan fingerprint density at radius 1 is 0.968 bits per heavy atom. The molecule has 1 atom stereocenters. The van der Waals surface area contributed by atoms with Crippen LogP contribution in [0.1, 0.15) is 17.4 Å². The van der Waals surface area contributed by atoms with Gasteiger partial charge in [-0.05, 0) is 48.4 Å². The van der Waals surface area contributed by atoms with Crippen LogP contribution >= 0.6 is 0 Å². The maximum atomic E-state index is 12.8. The number of aromatic amines is 1. The third kappa shape index (κ3) is 4.95. The van der Waals surface area contributed by atoms with E-state index >= 15 is 0 Å². The average Bonchev–Trinajstić information content (AvgIpc) is 3.23. The van der Waals surface area contributed by atoms with Gasteiger partial charge < -0.3 is 25.1 Å². The molecule has 7 heteroatoms. The molecule has 0 fully saturated rings. The van der Waals surface area contributed by atoms with Gasteiger partial charge in [-0.25, -0.2) is 9.78 Å². The van der Waals surface area contributed by atoms with E-state index in [1.165, 1.54) is 0 Å². The number of imidazole rings is 1. The highest BCUT2D eigenvalue weighted by molar-refractivity contribution is 5.89. The number of H-pyrrole nitrogens is 1. The molecule has 1 heterocycles. The largest absolute Gasteiger partial charge is 0.497 e. The molecule has 0 bridgehead atoms. The molecule has 4 aromatic rings. The maximum Gasteiger partial charge on any atom is 0.319 e. The smallest absolute Gasteiger partial charge is 0.319 e. The first-order valence-electron chi connectivity index (χ1n) is 9.94. The summed E-state index contributed by atoms with van der Waals surface area (Å²) in [5.74, 6) is 2.15. The number of urea groups is 1. The van der Waals surface area contributed by atoms with Gasteiger partial charge >= 0.3 is 6.03 Å². The number of nitrogens with one attached hydrogen (secondary N) is 3. The van der Waals surface area contributed by atoms with Gasteiger partial charge in [-0.15, -0.1) is 0 Å². The second-order valence-corrected chi connectivity index (χ2v) is 7.07. The van der Waals surface area contributed by atoms with E-state index in [1.807, 2.05) is 66.7 Å². The van der Waals surface area contributed by atoms with Gasteiger partial charge in [0.25, 0.3) is 0 Å². The van der Waals surface area contributed by atoms with Gasteiger partial charge in [0.15, 0.2) is 0 Å². The molecule has 0 spiro atoms.